The summed E-state index contributed by atoms with van der Waals surface area (Å²) in [6.07, 6.45) is 7.91. The van der Waals surface area contributed by atoms with Crippen molar-refractivity contribution in [2.45, 2.75) is 58.3 Å². The zero-order chi connectivity index (χ0) is 15.8. The molecule has 0 saturated heterocycles. The van der Waals surface area contributed by atoms with Gasteiger partial charge in [0.25, 0.3) is 0 Å². The van der Waals surface area contributed by atoms with Crippen LogP contribution in [-0.2, 0) is 9.59 Å². The molecular formula is C18H26N2O2. The van der Waals surface area contributed by atoms with Crippen LogP contribution in [0.25, 0.3) is 0 Å². The number of anilines is 2. The van der Waals surface area contributed by atoms with Crippen molar-refractivity contribution in [1.82, 2.24) is 0 Å². The van der Waals surface area contributed by atoms with E-state index in [2.05, 4.69) is 17.6 Å². The molecule has 0 radical (unpaired) electrons. The lowest BCUT2D eigenvalue weighted by Crippen LogP contribution is -2.20. The van der Waals surface area contributed by atoms with E-state index < -0.39 is 0 Å². The van der Waals surface area contributed by atoms with E-state index in [9.17, 15) is 9.59 Å². The normalized spacial score (nSPS) is 14.8. The zero-order valence-electron chi connectivity index (χ0n) is 13.4. The van der Waals surface area contributed by atoms with Gasteiger partial charge in [0.15, 0.2) is 0 Å². The molecule has 1 aliphatic rings. The summed E-state index contributed by atoms with van der Waals surface area (Å²) < 4.78 is 0. The molecule has 2 N–H and O–H groups in total. The predicted octanol–water partition coefficient (Wildman–Crippen LogP) is 4.33. The van der Waals surface area contributed by atoms with Crippen molar-refractivity contribution in [3.05, 3.63) is 24.3 Å². The average molecular weight is 302 g/mol. The lowest BCUT2D eigenvalue weighted by molar-refractivity contribution is -0.119. The molecular weight excluding hydrogens is 276 g/mol. The molecule has 0 aromatic heterocycles. The lowest BCUT2D eigenvalue weighted by atomic mass is 10.1. The zero-order valence-corrected chi connectivity index (χ0v) is 13.4. The third-order valence-corrected chi connectivity index (χ3v) is 4.15. The van der Waals surface area contributed by atoms with Crippen molar-refractivity contribution < 1.29 is 9.59 Å². The molecule has 4 heteroatoms. The van der Waals surface area contributed by atoms with Gasteiger partial charge in [0, 0.05) is 23.7 Å². The van der Waals surface area contributed by atoms with Gasteiger partial charge in [-0.3, -0.25) is 9.59 Å². The van der Waals surface area contributed by atoms with Gasteiger partial charge in [-0.15, -0.1) is 0 Å². The van der Waals surface area contributed by atoms with Crippen LogP contribution in [-0.4, -0.2) is 11.8 Å². The largest absolute Gasteiger partial charge is 0.326 e. The van der Waals surface area contributed by atoms with Gasteiger partial charge in [-0.2, -0.15) is 0 Å². The Kier molecular flexibility index (Phi) is 6.44. The van der Waals surface area contributed by atoms with E-state index >= 15 is 0 Å². The maximum absolute atomic E-state index is 12.1. The topological polar surface area (TPSA) is 58.2 Å². The summed E-state index contributed by atoms with van der Waals surface area (Å²) in [7, 11) is 0. The summed E-state index contributed by atoms with van der Waals surface area (Å²) >= 11 is 0. The van der Waals surface area contributed by atoms with Gasteiger partial charge in [0.2, 0.25) is 11.8 Å². The van der Waals surface area contributed by atoms with Crippen molar-refractivity contribution >= 4 is 23.2 Å². The minimum atomic E-state index is 0.0349. The van der Waals surface area contributed by atoms with Crippen molar-refractivity contribution in [3.8, 4) is 0 Å². The second kappa shape index (κ2) is 8.57. The highest BCUT2D eigenvalue weighted by atomic mass is 16.2. The third-order valence-electron chi connectivity index (χ3n) is 4.15. The number of benzene rings is 1. The molecule has 0 atom stereocenters. The average Bonchev–Trinajstić information content (AvgIpc) is 3.02. The second-order valence-electron chi connectivity index (χ2n) is 6.06. The Balaban J connectivity index is 1.86. The van der Waals surface area contributed by atoms with Crippen LogP contribution in [0.2, 0.25) is 0 Å². The Morgan fingerprint density at radius 1 is 1.09 bits per heavy atom. The first kappa shape index (κ1) is 16.5. The number of hydrogen-bond donors (Lipinski definition) is 2. The molecule has 0 aliphatic heterocycles. The fraction of sp³-hybridized carbons (Fsp3) is 0.556. The van der Waals surface area contributed by atoms with Crippen LogP contribution in [0.3, 0.4) is 0 Å². The van der Waals surface area contributed by atoms with Gasteiger partial charge < -0.3 is 10.6 Å². The fourth-order valence-corrected chi connectivity index (χ4v) is 2.87. The number of carbonyl (C=O) groups excluding carboxylic acids is 2. The second-order valence-corrected chi connectivity index (χ2v) is 6.06. The van der Waals surface area contributed by atoms with Gasteiger partial charge in [-0.05, 0) is 37.5 Å². The van der Waals surface area contributed by atoms with Crippen LogP contribution in [0.1, 0.15) is 58.3 Å². The molecule has 1 aliphatic carbocycles. The van der Waals surface area contributed by atoms with Crippen molar-refractivity contribution in [1.29, 1.82) is 0 Å². The summed E-state index contributed by atoms with van der Waals surface area (Å²) in [5.74, 6) is 0.281. The number of carbonyl (C=O) groups is 2. The molecule has 120 valence electrons. The molecule has 4 nitrogen and oxygen atoms in total. The quantitative estimate of drug-likeness (QED) is 0.736. The molecule has 1 aromatic rings. The first-order valence-corrected chi connectivity index (χ1v) is 8.40. The summed E-state index contributed by atoms with van der Waals surface area (Å²) in [5, 5.41) is 5.85. The molecule has 2 rings (SSSR count). The van der Waals surface area contributed by atoms with E-state index in [1.54, 1.807) is 0 Å². The van der Waals surface area contributed by atoms with E-state index in [4.69, 9.17) is 0 Å². The predicted molar refractivity (Wildman–Crippen MR) is 89.8 cm³/mol. The number of unbranched alkanes of at least 4 members (excludes halogenated alkanes) is 2. The molecule has 2 amide bonds. The fourth-order valence-electron chi connectivity index (χ4n) is 2.87. The third kappa shape index (κ3) is 5.17. The maximum atomic E-state index is 12.1. The molecule has 0 heterocycles. The number of hydrogen-bond acceptors (Lipinski definition) is 2. The van der Waals surface area contributed by atoms with Crippen LogP contribution >= 0.6 is 0 Å². The van der Waals surface area contributed by atoms with Gasteiger partial charge >= 0.3 is 0 Å². The highest BCUT2D eigenvalue weighted by molar-refractivity contribution is 5.95. The number of rotatable bonds is 7. The highest BCUT2D eigenvalue weighted by Gasteiger charge is 2.22. The van der Waals surface area contributed by atoms with E-state index in [1.165, 1.54) is 0 Å². The minimum Gasteiger partial charge on any atom is -0.326 e. The Morgan fingerprint density at radius 2 is 1.77 bits per heavy atom. The molecule has 22 heavy (non-hydrogen) atoms. The van der Waals surface area contributed by atoms with Crippen LogP contribution in [0.5, 0.6) is 0 Å². The number of nitrogens with one attached hydrogen (secondary N) is 2. The van der Waals surface area contributed by atoms with Crippen LogP contribution in [0.4, 0.5) is 11.4 Å². The minimum absolute atomic E-state index is 0.0349. The van der Waals surface area contributed by atoms with Crippen molar-refractivity contribution in [2.75, 3.05) is 10.6 Å². The van der Waals surface area contributed by atoms with E-state index in [0.29, 0.717) is 6.42 Å². The highest BCUT2D eigenvalue weighted by Crippen LogP contribution is 2.26. The smallest absolute Gasteiger partial charge is 0.227 e. The maximum Gasteiger partial charge on any atom is 0.227 e. The van der Waals surface area contributed by atoms with Crippen LogP contribution in [0.15, 0.2) is 24.3 Å². The van der Waals surface area contributed by atoms with E-state index in [1.807, 2.05) is 24.3 Å². The Bertz CT molecular complexity index is 508. The van der Waals surface area contributed by atoms with Gasteiger partial charge in [0.05, 0.1) is 0 Å². The SMILES string of the molecule is CCCCCC(=O)Nc1cccc(NC(=O)C2CCCC2)c1. The number of amides is 2. The summed E-state index contributed by atoms with van der Waals surface area (Å²) in [6, 6.07) is 7.39. The first-order valence-electron chi connectivity index (χ1n) is 8.40. The summed E-state index contributed by atoms with van der Waals surface area (Å²) in [6.45, 7) is 2.12. The van der Waals surface area contributed by atoms with Crippen molar-refractivity contribution in [2.24, 2.45) is 5.92 Å². The molecule has 0 unspecified atom stereocenters. The molecule has 0 spiro atoms. The molecule has 1 fully saturated rings. The Hall–Kier alpha value is -1.84. The van der Waals surface area contributed by atoms with Crippen LogP contribution in [0, 0.1) is 5.92 Å². The van der Waals surface area contributed by atoms with Crippen LogP contribution < -0.4 is 10.6 Å². The summed E-state index contributed by atoms with van der Waals surface area (Å²) in [4.78, 5) is 24.0. The molecule has 0 bridgehead atoms. The van der Waals surface area contributed by atoms with Gasteiger partial charge in [-0.25, -0.2) is 0 Å². The van der Waals surface area contributed by atoms with Gasteiger partial charge in [0.1, 0.15) is 0 Å². The van der Waals surface area contributed by atoms with E-state index in [-0.39, 0.29) is 17.7 Å². The lowest BCUT2D eigenvalue weighted by Gasteiger charge is -2.12. The molecule has 1 saturated carbocycles. The Morgan fingerprint density at radius 3 is 2.45 bits per heavy atom. The molecule has 1 aromatic carbocycles. The van der Waals surface area contributed by atoms with E-state index in [0.717, 1.165) is 56.3 Å². The summed E-state index contributed by atoms with van der Waals surface area (Å²) in [5.41, 5.74) is 1.49. The standard InChI is InChI=1S/C18H26N2O2/c1-2-3-4-12-17(21)19-15-10-7-11-16(13-15)20-18(22)14-8-5-6-9-14/h7,10-11,13-14H,2-6,8-9,12H2,1H3,(H,19,21)(H,20,22). The first-order chi connectivity index (χ1) is 10.7. The van der Waals surface area contributed by atoms with Gasteiger partial charge in [-0.1, -0.05) is 38.7 Å². The van der Waals surface area contributed by atoms with Crippen molar-refractivity contribution in [3.63, 3.8) is 0 Å². The monoisotopic (exact) mass is 302 g/mol. The Labute approximate surface area is 132 Å².